The lowest BCUT2D eigenvalue weighted by Gasteiger charge is -2.38. The quantitative estimate of drug-likeness (QED) is 0.748. The molecule has 0 radical (unpaired) electrons. The summed E-state index contributed by atoms with van der Waals surface area (Å²) in [4.78, 5) is 19.4. The summed E-state index contributed by atoms with van der Waals surface area (Å²) in [5.41, 5.74) is 0.878. The lowest BCUT2D eigenvalue weighted by molar-refractivity contribution is -0.134. The molecule has 4 nitrogen and oxygen atoms in total. The van der Waals surface area contributed by atoms with E-state index >= 15 is 0 Å². The summed E-state index contributed by atoms with van der Waals surface area (Å²) in [6.07, 6.45) is 5.34. The summed E-state index contributed by atoms with van der Waals surface area (Å²) < 4.78 is 5.58. The van der Waals surface area contributed by atoms with Crippen LogP contribution in [0.4, 0.5) is 0 Å². The molecular formula is C18H30N2O2S. The van der Waals surface area contributed by atoms with E-state index in [4.69, 9.17) is 4.74 Å². The van der Waals surface area contributed by atoms with Crippen LogP contribution in [0.2, 0.25) is 0 Å². The highest BCUT2D eigenvalue weighted by Gasteiger charge is 2.29. The minimum atomic E-state index is 0.00879. The summed E-state index contributed by atoms with van der Waals surface area (Å²) in [6, 6.07) is 0.404. The molecular weight excluding hydrogens is 308 g/mol. The molecule has 2 rings (SSSR count). The van der Waals surface area contributed by atoms with Gasteiger partial charge in [0, 0.05) is 24.6 Å². The molecule has 0 unspecified atom stereocenters. The lowest BCUT2D eigenvalue weighted by atomic mass is 9.84. The molecule has 1 heterocycles. The van der Waals surface area contributed by atoms with Crippen LogP contribution in [0, 0.1) is 5.92 Å². The first kappa shape index (κ1) is 18.4. The number of thiazole rings is 1. The number of rotatable bonds is 7. The Hall–Kier alpha value is -0.940. The molecule has 0 bridgehead atoms. The summed E-state index contributed by atoms with van der Waals surface area (Å²) in [6.45, 7) is 9.83. The van der Waals surface area contributed by atoms with Crippen molar-refractivity contribution in [2.24, 2.45) is 5.92 Å². The van der Waals surface area contributed by atoms with E-state index < -0.39 is 0 Å². The van der Waals surface area contributed by atoms with Gasteiger partial charge in [-0.3, -0.25) is 4.79 Å². The summed E-state index contributed by atoms with van der Waals surface area (Å²) in [5.74, 6) is 0.823. The molecule has 0 spiro atoms. The molecule has 1 amide bonds. The van der Waals surface area contributed by atoms with Crippen LogP contribution in [-0.4, -0.2) is 35.0 Å². The lowest BCUT2D eigenvalue weighted by Crippen LogP contribution is -2.45. The number of ether oxygens (including phenoxy) is 1. The zero-order chi connectivity index (χ0) is 16.8. The van der Waals surface area contributed by atoms with Crippen LogP contribution >= 0.6 is 11.3 Å². The Labute approximate surface area is 144 Å². The number of amides is 1. The second-order valence-corrected chi connectivity index (χ2v) is 7.35. The zero-order valence-corrected chi connectivity index (χ0v) is 15.7. The minimum Gasteiger partial charge on any atom is -0.372 e. The van der Waals surface area contributed by atoms with E-state index in [1.54, 1.807) is 11.3 Å². The minimum absolute atomic E-state index is 0.00879. The number of hydrogen-bond donors (Lipinski definition) is 0. The largest absolute Gasteiger partial charge is 0.372 e. The maximum atomic E-state index is 12.8. The normalized spacial score (nSPS) is 22.8. The van der Waals surface area contributed by atoms with Crippen molar-refractivity contribution in [1.29, 1.82) is 0 Å². The smallest absolute Gasteiger partial charge is 0.228 e. The molecule has 1 saturated carbocycles. The number of likely N-dealkylation sites (N-methyl/N-ethyl adjacent to an activating group) is 1. The van der Waals surface area contributed by atoms with E-state index in [1.807, 2.05) is 19.2 Å². The molecule has 0 aromatic carbocycles. The highest BCUT2D eigenvalue weighted by Crippen LogP contribution is 2.29. The van der Waals surface area contributed by atoms with Crippen molar-refractivity contribution in [3.05, 3.63) is 16.1 Å². The Morgan fingerprint density at radius 2 is 2.17 bits per heavy atom. The van der Waals surface area contributed by atoms with Crippen molar-refractivity contribution in [2.75, 3.05) is 13.2 Å². The Balaban J connectivity index is 1.99. The molecule has 1 aliphatic carbocycles. The van der Waals surface area contributed by atoms with Gasteiger partial charge in [-0.1, -0.05) is 19.8 Å². The third-order valence-corrected chi connectivity index (χ3v) is 5.85. The van der Waals surface area contributed by atoms with E-state index in [2.05, 4.69) is 23.7 Å². The van der Waals surface area contributed by atoms with Crippen molar-refractivity contribution < 1.29 is 9.53 Å². The molecule has 0 N–H and O–H groups in total. The first-order chi connectivity index (χ1) is 11.1. The van der Waals surface area contributed by atoms with E-state index in [0.717, 1.165) is 23.7 Å². The van der Waals surface area contributed by atoms with Crippen LogP contribution < -0.4 is 0 Å². The summed E-state index contributed by atoms with van der Waals surface area (Å²) in [5, 5.41) is 2.96. The van der Waals surface area contributed by atoms with E-state index in [0.29, 0.717) is 25.0 Å². The fraction of sp³-hybridized carbons (Fsp3) is 0.778. The van der Waals surface area contributed by atoms with Gasteiger partial charge in [-0.15, -0.1) is 11.3 Å². The van der Waals surface area contributed by atoms with E-state index in [-0.39, 0.29) is 12.0 Å². The summed E-state index contributed by atoms with van der Waals surface area (Å²) >= 11 is 1.59. The molecule has 3 atom stereocenters. The molecule has 0 saturated heterocycles. The summed E-state index contributed by atoms with van der Waals surface area (Å²) in [7, 11) is 0. The van der Waals surface area contributed by atoms with Crippen molar-refractivity contribution in [1.82, 2.24) is 9.88 Å². The number of nitrogens with zero attached hydrogens (tertiary/aromatic N) is 2. The Bertz CT molecular complexity index is 503. The number of carbonyl (C=O) groups is 1. The maximum absolute atomic E-state index is 12.8. The molecule has 23 heavy (non-hydrogen) atoms. The number of aromatic nitrogens is 1. The van der Waals surface area contributed by atoms with Crippen LogP contribution in [0.5, 0.6) is 0 Å². The van der Waals surface area contributed by atoms with Crippen LogP contribution in [0.3, 0.4) is 0 Å². The predicted octanol–water partition coefficient (Wildman–Crippen LogP) is 4.21. The highest BCUT2D eigenvalue weighted by molar-refractivity contribution is 7.09. The first-order valence-corrected chi connectivity index (χ1v) is 9.80. The molecule has 130 valence electrons. The van der Waals surface area contributed by atoms with Crippen molar-refractivity contribution in [3.8, 4) is 0 Å². The topological polar surface area (TPSA) is 42.4 Å². The van der Waals surface area contributed by atoms with Gasteiger partial charge in [0.1, 0.15) is 11.1 Å². The Morgan fingerprint density at radius 3 is 2.83 bits per heavy atom. The predicted molar refractivity (Wildman–Crippen MR) is 94.7 cm³/mol. The molecule has 1 fully saturated rings. The van der Waals surface area contributed by atoms with Crippen LogP contribution in [0.1, 0.15) is 70.2 Å². The average molecular weight is 339 g/mol. The molecule has 1 aromatic heterocycles. The Kier molecular flexibility index (Phi) is 7.03. The molecule has 1 aliphatic rings. The van der Waals surface area contributed by atoms with Gasteiger partial charge in [0.05, 0.1) is 12.1 Å². The van der Waals surface area contributed by atoms with Gasteiger partial charge in [0.2, 0.25) is 5.91 Å². The van der Waals surface area contributed by atoms with Gasteiger partial charge >= 0.3 is 0 Å². The first-order valence-electron chi connectivity index (χ1n) is 8.92. The standard InChI is InChI=1S/C18H30N2O2S/c1-5-20(16-10-8-7-9-13(16)3)17(21)11-15-12-23-18(19-15)14(4)22-6-2/h12-14,16H,5-11H2,1-4H3/t13-,14-,16+/m1/s1. The Morgan fingerprint density at radius 1 is 1.43 bits per heavy atom. The van der Waals surface area contributed by atoms with Crippen molar-refractivity contribution >= 4 is 17.2 Å². The van der Waals surface area contributed by atoms with Gasteiger partial charge in [-0.05, 0) is 39.5 Å². The third kappa shape index (κ3) is 4.77. The van der Waals surface area contributed by atoms with Gasteiger partial charge in [0.25, 0.3) is 0 Å². The SMILES string of the molecule is CCO[C@H](C)c1nc(CC(=O)N(CC)[C@H]2CCCC[C@H]2C)cs1. The second kappa shape index (κ2) is 8.78. The average Bonchev–Trinajstić information content (AvgIpc) is 2.99. The van der Waals surface area contributed by atoms with Gasteiger partial charge < -0.3 is 9.64 Å². The highest BCUT2D eigenvalue weighted by atomic mass is 32.1. The third-order valence-electron chi connectivity index (χ3n) is 4.79. The van der Waals surface area contributed by atoms with Gasteiger partial charge in [-0.2, -0.15) is 0 Å². The van der Waals surface area contributed by atoms with Crippen LogP contribution in [0.15, 0.2) is 5.38 Å². The van der Waals surface area contributed by atoms with Crippen molar-refractivity contribution in [2.45, 2.75) is 71.9 Å². The van der Waals surface area contributed by atoms with E-state index in [1.165, 1.54) is 19.3 Å². The molecule has 0 aliphatic heterocycles. The van der Waals surface area contributed by atoms with Crippen LogP contribution in [0.25, 0.3) is 0 Å². The zero-order valence-electron chi connectivity index (χ0n) is 14.9. The maximum Gasteiger partial charge on any atom is 0.228 e. The fourth-order valence-electron chi connectivity index (χ4n) is 3.52. The van der Waals surface area contributed by atoms with Gasteiger partial charge in [-0.25, -0.2) is 4.98 Å². The van der Waals surface area contributed by atoms with Crippen molar-refractivity contribution in [3.63, 3.8) is 0 Å². The number of hydrogen-bond acceptors (Lipinski definition) is 4. The monoisotopic (exact) mass is 338 g/mol. The van der Waals surface area contributed by atoms with Crippen LogP contribution in [-0.2, 0) is 16.0 Å². The molecule has 1 aromatic rings. The van der Waals surface area contributed by atoms with Gasteiger partial charge in [0.15, 0.2) is 0 Å². The number of carbonyl (C=O) groups excluding carboxylic acids is 1. The molecule has 5 heteroatoms. The fourth-order valence-corrected chi connectivity index (χ4v) is 4.35. The van der Waals surface area contributed by atoms with E-state index in [9.17, 15) is 4.79 Å². The second-order valence-electron chi connectivity index (χ2n) is 6.46.